The van der Waals surface area contributed by atoms with Gasteiger partial charge in [0, 0.05) is 0 Å². The minimum atomic E-state index is 0.0312. The van der Waals surface area contributed by atoms with E-state index in [0.717, 1.165) is 0 Å². The van der Waals surface area contributed by atoms with Crippen molar-refractivity contribution in [1.82, 2.24) is 5.32 Å². The second kappa shape index (κ2) is 4.73. The highest BCUT2D eigenvalue weighted by Gasteiger charge is 2.01. The van der Waals surface area contributed by atoms with Gasteiger partial charge in [0.1, 0.15) is 7.72 Å². The lowest BCUT2D eigenvalue weighted by Crippen LogP contribution is -2.11. The monoisotopic (exact) mass is 356 g/mol. The van der Waals surface area contributed by atoms with Crippen molar-refractivity contribution in [2.24, 2.45) is 0 Å². The first-order valence-electron chi connectivity index (χ1n) is 1.39. The summed E-state index contributed by atoms with van der Waals surface area (Å²) in [5, 5.41) is 3.94. The summed E-state index contributed by atoms with van der Waals surface area (Å²) in [5.41, 5.74) is 0. The molecule has 0 fully saturated rings. The van der Waals surface area contributed by atoms with Crippen LogP contribution < -0.4 is 5.32 Å². The Hall–Kier alpha value is 1.88. The Bertz CT molecular complexity index is 39.0. The Morgan fingerprint density at radius 3 is 1.14 bits per heavy atom. The normalized spacial score (nSPS) is 11.1. The predicted octanol–water partition coefficient (Wildman–Crippen LogP) is 2.74. The van der Waals surface area contributed by atoms with Gasteiger partial charge in [0.2, 0.25) is 0 Å². The lowest BCUT2D eigenvalue weighted by atomic mass is 11.3. The summed E-state index contributed by atoms with van der Waals surface area (Å²) in [4.78, 5) is 0. The van der Waals surface area contributed by atoms with Crippen molar-refractivity contribution in [3.8, 4) is 0 Å². The smallest absolute Gasteiger partial charge is 0.136 e. The highest BCUT2D eigenvalue weighted by molar-refractivity contribution is 9.25. The molecule has 1 radical (unpaired) electrons. The van der Waals surface area contributed by atoms with Gasteiger partial charge in [-0.2, -0.15) is 5.32 Å². The molecule has 0 aliphatic carbocycles. The lowest BCUT2D eigenvalue weighted by Gasteiger charge is -2.00. The number of hydrogen-bond donors (Lipinski definition) is 0. The third-order valence-corrected chi connectivity index (χ3v) is 1.17. The van der Waals surface area contributed by atoms with Gasteiger partial charge in [-0.15, -0.1) is 0 Å². The first kappa shape index (κ1) is 8.88. The zero-order valence-corrected chi connectivity index (χ0v) is 9.46. The minimum absolute atomic E-state index is 0.0312. The van der Waals surface area contributed by atoms with Gasteiger partial charge in [-0.25, -0.2) is 0 Å². The van der Waals surface area contributed by atoms with E-state index in [4.69, 9.17) is 0 Å². The third-order valence-electron chi connectivity index (χ3n) is 0.225. The average molecular weight is 360 g/mol. The van der Waals surface area contributed by atoms with Crippen molar-refractivity contribution in [3.63, 3.8) is 0 Å². The molecule has 43 valence electrons. The summed E-state index contributed by atoms with van der Waals surface area (Å²) in [6.45, 7) is 0. The second-order valence-corrected chi connectivity index (χ2v) is 6.63. The number of nitrogens with zero attached hydrogens (tertiary/aromatic N) is 1. The van der Waals surface area contributed by atoms with E-state index < -0.39 is 0 Å². The standard InChI is InChI=1S/C2H2Br4N/c3-1(4)7-2(5)6/h1-2H. The number of halogens is 4. The van der Waals surface area contributed by atoms with Crippen LogP contribution in [0, 0.1) is 0 Å². The highest BCUT2D eigenvalue weighted by atomic mass is 79.9. The first-order chi connectivity index (χ1) is 3.13. The fraction of sp³-hybridized carbons (Fsp3) is 1.00. The van der Waals surface area contributed by atoms with Crippen LogP contribution in [0.5, 0.6) is 0 Å². The Kier molecular flexibility index (Phi) is 6.00. The van der Waals surface area contributed by atoms with Crippen LogP contribution >= 0.6 is 63.7 Å². The van der Waals surface area contributed by atoms with Crippen LogP contribution in [-0.4, -0.2) is 7.72 Å². The Morgan fingerprint density at radius 1 is 0.857 bits per heavy atom. The average Bonchev–Trinajstić information content (AvgIpc) is 1.27. The van der Waals surface area contributed by atoms with Crippen molar-refractivity contribution in [2.75, 3.05) is 0 Å². The molecule has 7 heavy (non-hydrogen) atoms. The molecule has 0 rings (SSSR count). The minimum Gasteiger partial charge on any atom is -0.190 e. The molecule has 0 aromatic carbocycles. The van der Waals surface area contributed by atoms with Gasteiger partial charge in [0.15, 0.2) is 0 Å². The molecule has 0 saturated heterocycles. The van der Waals surface area contributed by atoms with Gasteiger partial charge in [0.25, 0.3) is 0 Å². The van der Waals surface area contributed by atoms with Crippen LogP contribution in [-0.2, 0) is 0 Å². The van der Waals surface area contributed by atoms with Crippen molar-refractivity contribution in [1.29, 1.82) is 0 Å². The summed E-state index contributed by atoms with van der Waals surface area (Å²) < 4.78 is 0.0625. The molecule has 0 saturated carbocycles. The zero-order valence-electron chi connectivity index (χ0n) is 3.11. The fourth-order valence-corrected chi connectivity index (χ4v) is 2.30. The topological polar surface area (TPSA) is 14.1 Å². The molecule has 0 spiro atoms. The quantitative estimate of drug-likeness (QED) is 0.532. The summed E-state index contributed by atoms with van der Waals surface area (Å²) in [7, 11) is 0. The molecule has 0 heterocycles. The number of alkyl halides is 4. The summed E-state index contributed by atoms with van der Waals surface area (Å²) in [5.74, 6) is 0. The Labute approximate surface area is 76.1 Å². The van der Waals surface area contributed by atoms with E-state index in [1.165, 1.54) is 0 Å². The molecule has 0 aromatic heterocycles. The maximum atomic E-state index is 3.94. The molecular weight excluding hydrogens is 358 g/mol. The fourth-order valence-electron chi connectivity index (χ4n) is 0.0852. The molecule has 5 heteroatoms. The van der Waals surface area contributed by atoms with Crippen LogP contribution in [0.25, 0.3) is 0 Å². The van der Waals surface area contributed by atoms with Crippen molar-refractivity contribution in [3.05, 3.63) is 0 Å². The molecule has 0 amide bonds. The van der Waals surface area contributed by atoms with E-state index in [9.17, 15) is 0 Å². The van der Waals surface area contributed by atoms with Crippen molar-refractivity contribution >= 4 is 63.7 Å². The van der Waals surface area contributed by atoms with Gasteiger partial charge in [0.05, 0.1) is 0 Å². The molecule has 0 aliphatic heterocycles. The summed E-state index contributed by atoms with van der Waals surface area (Å²) in [6.07, 6.45) is 0. The zero-order chi connectivity index (χ0) is 5.86. The molecule has 0 unspecified atom stereocenters. The summed E-state index contributed by atoms with van der Waals surface area (Å²) >= 11 is 12.7. The second-order valence-electron chi connectivity index (χ2n) is 0.704. The SMILES string of the molecule is BrC(Br)[N]C(Br)Br. The molecule has 0 aliphatic rings. The Morgan fingerprint density at radius 2 is 1.14 bits per heavy atom. The third kappa shape index (κ3) is 7.88. The van der Waals surface area contributed by atoms with Crippen molar-refractivity contribution < 1.29 is 0 Å². The van der Waals surface area contributed by atoms with E-state index in [0.29, 0.717) is 0 Å². The molecule has 0 N–H and O–H groups in total. The predicted molar refractivity (Wildman–Crippen MR) is 45.4 cm³/mol. The molecule has 0 bridgehead atoms. The maximum Gasteiger partial charge on any atom is 0.136 e. The van der Waals surface area contributed by atoms with E-state index in [1.54, 1.807) is 0 Å². The number of rotatable bonds is 2. The van der Waals surface area contributed by atoms with Gasteiger partial charge in [-0.05, 0) is 0 Å². The molecule has 0 aromatic rings. The van der Waals surface area contributed by atoms with Crippen molar-refractivity contribution in [2.45, 2.75) is 7.72 Å². The van der Waals surface area contributed by atoms with Crippen LogP contribution in [0.1, 0.15) is 0 Å². The van der Waals surface area contributed by atoms with E-state index in [2.05, 4.69) is 69.0 Å². The molecule has 1 nitrogen and oxygen atoms in total. The molecular formula is C2H2Br4N. The maximum absolute atomic E-state index is 3.94. The van der Waals surface area contributed by atoms with Crippen LogP contribution in [0.15, 0.2) is 0 Å². The lowest BCUT2D eigenvalue weighted by molar-refractivity contribution is 0.884. The van der Waals surface area contributed by atoms with Crippen LogP contribution in [0.3, 0.4) is 0 Å². The van der Waals surface area contributed by atoms with E-state index in [-0.39, 0.29) is 7.72 Å². The molecule has 0 atom stereocenters. The van der Waals surface area contributed by atoms with Gasteiger partial charge >= 0.3 is 0 Å². The van der Waals surface area contributed by atoms with Gasteiger partial charge in [-0.3, -0.25) is 0 Å². The van der Waals surface area contributed by atoms with Crippen LogP contribution in [0.2, 0.25) is 0 Å². The van der Waals surface area contributed by atoms with Gasteiger partial charge < -0.3 is 0 Å². The highest BCUT2D eigenvalue weighted by Crippen LogP contribution is 2.13. The van der Waals surface area contributed by atoms with E-state index in [1.807, 2.05) is 0 Å². The Balaban J connectivity index is 2.95. The van der Waals surface area contributed by atoms with Gasteiger partial charge in [-0.1, -0.05) is 63.7 Å². The largest absolute Gasteiger partial charge is 0.190 e. The first-order valence-corrected chi connectivity index (χ1v) is 5.05. The summed E-state index contributed by atoms with van der Waals surface area (Å²) in [6, 6.07) is 0. The van der Waals surface area contributed by atoms with E-state index >= 15 is 0 Å². The van der Waals surface area contributed by atoms with Crippen LogP contribution in [0.4, 0.5) is 0 Å². The number of hydrogen-bond acceptors (Lipinski definition) is 0.